The highest BCUT2D eigenvalue weighted by Gasteiger charge is 2.46. The highest BCUT2D eigenvalue weighted by molar-refractivity contribution is 6.31. The van der Waals surface area contributed by atoms with Crippen LogP contribution in [0.5, 0.6) is 0 Å². The number of pyridine rings is 1. The predicted octanol–water partition coefficient (Wildman–Crippen LogP) is 6.24. The van der Waals surface area contributed by atoms with Crippen LogP contribution < -0.4 is 16.4 Å². The molecule has 2 aliphatic carbocycles. The number of nitrogens with zero attached hydrogens (tertiary/aromatic N) is 1. The van der Waals surface area contributed by atoms with Crippen molar-refractivity contribution in [1.82, 2.24) is 10.3 Å². The van der Waals surface area contributed by atoms with Crippen molar-refractivity contribution in [2.24, 2.45) is 28.9 Å². The molecule has 4 atom stereocenters. The molecule has 2 aliphatic rings. The maximum Gasteiger partial charge on any atom is 0.237 e. The quantitative estimate of drug-likeness (QED) is 0.341. The fourth-order valence-corrected chi connectivity index (χ4v) is 7.38. The Labute approximate surface area is 236 Å². The Morgan fingerprint density at radius 1 is 1.15 bits per heavy atom. The molecule has 0 spiro atoms. The molecule has 8 heteroatoms. The summed E-state index contributed by atoms with van der Waals surface area (Å²) in [7, 11) is 0. The maximum atomic E-state index is 13.7. The van der Waals surface area contributed by atoms with Gasteiger partial charge in [-0.1, -0.05) is 51.3 Å². The summed E-state index contributed by atoms with van der Waals surface area (Å²) < 4.78 is 13.7. The van der Waals surface area contributed by atoms with Gasteiger partial charge in [-0.3, -0.25) is 14.6 Å². The van der Waals surface area contributed by atoms with E-state index in [1.54, 1.807) is 30.6 Å². The zero-order chi connectivity index (χ0) is 28.2. The zero-order valence-corrected chi connectivity index (χ0v) is 24.1. The number of amides is 2. The standard InChI is InChI=1S/C31H42ClFN4O2/c1-20(2)14-21-15-22(18-30(3,17-21)29(39)37-24-8-12-35-13-9-24)27(34)28(38)36-19-31(10-4-5-11-31)25-7-6-23(33)16-26(25)32/h6-9,12-13,16,20-22,27H,4-5,10-11,14-15,17-19,34H2,1-3H3,(H,36,38)(H,35,37,39). The molecule has 4 rings (SSSR count). The molecule has 4 N–H and O–H groups in total. The van der Waals surface area contributed by atoms with E-state index in [9.17, 15) is 14.0 Å². The van der Waals surface area contributed by atoms with Crippen LogP contribution in [-0.2, 0) is 15.0 Å². The minimum Gasteiger partial charge on any atom is -0.354 e. The summed E-state index contributed by atoms with van der Waals surface area (Å²) in [6, 6.07) is 7.36. The Bertz CT molecular complexity index is 1150. The molecule has 0 saturated heterocycles. The van der Waals surface area contributed by atoms with E-state index in [4.69, 9.17) is 17.3 Å². The first-order valence-electron chi connectivity index (χ1n) is 14.2. The molecule has 2 amide bonds. The number of benzene rings is 1. The van der Waals surface area contributed by atoms with Gasteiger partial charge in [0.2, 0.25) is 11.8 Å². The number of halogens is 2. The van der Waals surface area contributed by atoms with Crippen LogP contribution in [0.3, 0.4) is 0 Å². The number of aromatic nitrogens is 1. The van der Waals surface area contributed by atoms with Gasteiger partial charge in [0, 0.05) is 40.5 Å². The number of anilines is 1. The fraction of sp³-hybridized carbons (Fsp3) is 0.581. The number of nitrogens with two attached hydrogens (primary N) is 1. The van der Waals surface area contributed by atoms with Gasteiger partial charge in [-0.15, -0.1) is 0 Å². The van der Waals surface area contributed by atoms with Crippen molar-refractivity contribution in [3.63, 3.8) is 0 Å². The van der Waals surface area contributed by atoms with Gasteiger partial charge in [-0.25, -0.2) is 4.39 Å². The van der Waals surface area contributed by atoms with Crippen molar-refractivity contribution in [1.29, 1.82) is 0 Å². The first-order valence-corrected chi connectivity index (χ1v) is 14.6. The summed E-state index contributed by atoms with van der Waals surface area (Å²) in [5, 5.41) is 6.58. The predicted molar refractivity (Wildman–Crippen MR) is 154 cm³/mol. The summed E-state index contributed by atoms with van der Waals surface area (Å²) in [6.45, 7) is 6.78. The molecule has 6 nitrogen and oxygen atoms in total. The lowest BCUT2D eigenvalue weighted by atomic mass is 9.62. The van der Waals surface area contributed by atoms with Gasteiger partial charge in [-0.2, -0.15) is 0 Å². The molecule has 212 valence electrons. The SMILES string of the molecule is CC(C)CC1CC(C(N)C(=O)NCC2(c3ccc(F)cc3Cl)CCCC2)CC(C)(C(=O)Nc2ccncc2)C1. The Hall–Kier alpha value is -2.51. The molecule has 0 bridgehead atoms. The van der Waals surface area contributed by atoms with Crippen LogP contribution in [0.15, 0.2) is 42.7 Å². The molecule has 1 heterocycles. The van der Waals surface area contributed by atoms with E-state index in [0.717, 1.165) is 50.5 Å². The van der Waals surface area contributed by atoms with Gasteiger partial charge in [0.1, 0.15) is 5.82 Å². The second-order valence-electron chi connectivity index (χ2n) is 12.5. The van der Waals surface area contributed by atoms with E-state index in [1.807, 2.05) is 6.92 Å². The van der Waals surface area contributed by atoms with Gasteiger partial charge in [-0.05, 0) is 86.1 Å². The van der Waals surface area contributed by atoms with Crippen LogP contribution in [0.4, 0.5) is 10.1 Å². The minimum atomic E-state index is -0.727. The van der Waals surface area contributed by atoms with E-state index in [2.05, 4.69) is 29.5 Å². The molecule has 2 aromatic rings. The Morgan fingerprint density at radius 2 is 1.85 bits per heavy atom. The van der Waals surface area contributed by atoms with Crippen LogP contribution in [0, 0.1) is 29.0 Å². The van der Waals surface area contributed by atoms with E-state index in [1.165, 1.54) is 12.1 Å². The van der Waals surface area contributed by atoms with Crippen molar-refractivity contribution in [2.75, 3.05) is 11.9 Å². The largest absolute Gasteiger partial charge is 0.354 e. The molecule has 1 aromatic heterocycles. The Morgan fingerprint density at radius 3 is 2.49 bits per heavy atom. The average Bonchev–Trinajstić information content (AvgIpc) is 3.36. The lowest BCUT2D eigenvalue weighted by Gasteiger charge is -2.43. The van der Waals surface area contributed by atoms with Crippen LogP contribution in [0.25, 0.3) is 0 Å². The fourth-order valence-electron chi connectivity index (χ4n) is 7.02. The average molecular weight is 557 g/mol. The third kappa shape index (κ3) is 6.98. The van der Waals surface area contributed by atoms with Gasteiger partial charge >= 0.3 is 0 Å². The number of nitrogens with one attached hydrogen (secondary N) is 2. The summed E-state index contributed by atoms with van der Waals surface area (Å²) in [5.41, 5.74) is 7.27. The second kappa shape index (κ2) is 12.3. The normalized spacial score (nSPS) is 25.3. The molecule has 2 saturated carbocycles. The number of hydrogen-bond acceptors (Lipinski definition) is 4. The van der Waals surface area contributed by atoms with Crippen molar-refractivity contribution >= 4 is 29.1 Å². The molecular formula is C31H42ClFN4O2. The molecular weight excluding hydrogens is 515 g/mol. The van der Waals surface area contributed by atoms with Gasteiger partial charge in [0.05, 0.1) is 6.04 Å². The third-order valence-corrected chi connectivity index (χ3v) is 9.17. The van der Waals surface area contributed by atoms with Crippen LogP contribution >= 0.6 is 11.6 Å². The highest BCUT2D eigenvalue weighted by Crippen LogP contribution is 2.46. The van der Waals surface area contributed by atoms with E-state index in [0.29, 0.717) is 35.5 Å². The van der Waals surface area contributed by atoms with Gasteiger partial charge in [0.25, 0.3) is 0 Å². The number of carbonyl (C=O) groups excluding carboxylic acids is 2. The highest BCUT2D eigenvalue weighted by atomic mass is 35.5. The Balaban J connectivity index is 1.48. The zero-order valence-electron chi connectivity index (χ0n) is 23.3. The third-order valence-electron chi connectivity index (χ3n) is 8.85. The second-order valence-corrected chi connectivity index (χ2v) is 12.9. The van der Waals surface area contributed by atoms with Crippen LogP contribution in [0.2, 0.25) is 5.02 Å². The lowest BCUT2D eigenvalue weighted by molar-refractivity contribution is -0.131. The number of carbonyl (C=O) groups is 2. The van der Waals surface area contributed by atoms with Crippen molar-refractivity contribution in [3.8, 4) is 0 Å². The monoisotopic (exact) mass is 556 g/mol. The van der Waals surface area contributed by atoms with Crippen molar-refractivity contribution in [2.45, 2.75) is 83.6 Å². The van der Waals surface area contributed by atoms with E-state index >= 15 is 0 Å². The number of hydrogen-bond donors (Lipinski definition) is 3. The topological polar surface area (TPSA) is 97.1 Å². The Kier molecular flexibility index (Phi) is 9.33. The van der Waals surface area contributed by atoms with Crippen LogP contribution in [-0.4, -0.2) is 29.4 Å². The summed E-state index contributed by atoms with van der Waals surface area (Å²) in [6.07, 6.45) is 10.2. The number of rotatable bonds is 9. The molecule has 4 unspecified atom stereocenters. The van der Waals surface area contributed by atoms with E-state index < -0.39 is 11.5 Å². The smallest absolute Gasteiger partial charge is 0.237 e. The molecule has 2 fully saturated rings. The minimum absolute atomic E-state index is 0.0457. The first-order chi connectivity index (χ1) is 18.5. The van der Waals surface area contributed by atoms with Gasteiger partial charge in [0.15, 0.2) is 0 Å². The summed E-state index contributed by atoms with van der Waals surface area (Å²) in [4.78, 5) is 31.0. The lowest BCUT2D eigenvalue weighted by Crippen LogP contribution is -2.53. The van der Waals surface area contributed by atoms with Crippen molar-refractivity contribution < 1.29 is 14.0 Å². The summed E-state index contributed by atoms with van der Waals surface area (Å²) >= 11 is 6.46. The van der Waals surface area contributed by atoms with Crippen LogP contribution in [0.1, 0.15) is 77.7 Å². The van der Waals surface area contributed by atoms with E-state index in [-0.39, 0.29) is 29.0 Å². The molecule has 0 aliphatic heterocycles. The molecule has 1 aromatic carbocycles. The van der Waals surface area contributed by atoms with Gasteiger partial charge < -0.3 is 16.4 Å². The van der Waals surface area contributed by atoms with Crippen molar-refractivity contribution in [3.05, 3.63) is 59.1 Å². The molecule has 0 radical (unpaired) electrons. The summed E-state index contributed by atoms with van der Waals surface area (Å²) in [5.74, 6) is 0.0445. The maximum absolute atomic E-state index is 13.7. The molecule has 39 heavy (non-hydrogen) atoms. The first kappa shape index (κ1) is 29.5.